The van der Waals surface area contributed by atoms with Crippen molar-refractivity contribution < 1.29 is 10.3 Å². The molecule has 0 rings (SSSR count). The van der Waals surface area contributed by atoms with E-state index in [9.17, 15) is 0 Å². The fourth-order valence-corrected chi connectivity index (χ4v) is 0. The average molecular weight is 90.1 g/mol. The van der Waals surface area contributed by atoms with Gasteiger partial charge in [-0.15, -0.1) is 0 Å². The molecule has 0 spiro atoms. The van der Waals surface area contributed by atoms with Crippen molar-refractivity contribution in [1.82, 2.24) is 0 Å². The largest absolute Gasteiger partial charge is 0.412 e. The molecule has 0 aromatic carbocycles. The molecule has 0 aliphatic heterocycles. The van der Waals surface area contributed by atoms with Crippen LogP contribution >= 0.6 is 0 Å². The Morgan fingerprint density at radius 1 is 1.50 bits per heavy atom. The first-order valence-corrected chi connectivity index (χ1v) is 0.977. The van der Waals surface area contributed by atoms with Gasteiger partial charge in [0.25, 0.3) is 0 Å². The molecule has 0 atom stereocenters. The molecule has 0 bridgehead atoms. The van der Waals surface area contributed by atoms with Crippen molar-refractivity contribution in [3.05, 3.63) is 12.7 Å². The van der Waals surface area contributed by atoms with Gasteiger partial charge in [0.1, 0.15) is 6.29 Å². The summed E-state index contributed by atoms with van der Waals surface area (Å²) in [4.78, 5) is 9.06. The summed E-state index contributed by atoms with van der Waals surface area (Å²) >= 11 is 0. The highest BCUT2D eigenvalue weighted by Gasteiger charge is 1.38. The third-order valence-corrected chi connectivity index (χ3v) is 0.0962. The minimum atomic E-state index is 0. The van der Waals surface area contributed by atoms with Gasteiger partial charge in [0, 0.05) is 0 Å². The van der Waals surface area contributed by atoms with Crippen LogP contribution in [0.2, 0.25) is 0 Å². The lowest BCUT2D eigenvalue weighted by Crippen LogP contribution is -1.44. The Kier molecular flexibility index (Phi) is 80.5. The molecule has 6 heavy (non-hydrogen) atoms. The third kappa shape index (κ3) is 138. The van der Waals surface area contributed by atoms with E-state index < -0.39 is 0 Å². The second-order valence-corrected chi connectivity index (χ2v) is 0.372. The Labute approximate surface area is 37.8 Å². The van der Waals surface area contributed by atoms with Crippen LogP contribution < -0.4 is 0 Å². The first-order chi connectivity index (χ1) is 1.91. The summed E-state index contributed by atoms with van der Waals surface area (Å²) in [6, 6.07) is 0. The maximum atomic E-state index is 9.06. The SMILES string of the molecule is C.C=CC=O.O. The zero-order chi connectivity index (χ0) is 3.41. The molecular weight excluding hydrogens is 80.0 g/mol. The molecule has 2 nitrogen and oxygen atoms in total. The molecule has 2 N–H and O–H groups in total. The number of aldehydes is 1. The van der Waals surface area contributed by atoms with Gasteiger partial charge in [-0.05, 0) is 6.08 Å². The molecule has 0 unspecified atom stereocenters. The molecule has 0 radical (unpaired) electrons. The molecule has 0 saturated carbocycles. The van der Waals surface area contributed by atoms with E-state index in [1.54, 1.807) is 0 Å². The van der Waals surface area contributed by atoms with Gasteiger partial charge in [0.2, 0.25) is 0 Å². The molecule has 0 aromatic rings. The smallest absolute Gasteiger partial charge is 0.142 e. The van der Waals surface area contributed by atoms with E-state index in [2.05, 4.69) is 6.58 Å². The van der Waals surface area contributed by atoms with Crippen molar-refractivity contribution in [2.24, 2.45) is 0 Å². The van der Waals surface area contributed by atoms with E-state index in [0.29, 0.717) is 6.29 Å². The molecule has 0 saturated heterocycles. The van der Waals surface area contributed by atoms with Crippen molar-refractivity contribution in [2.75, 3.05) is 0 Å². The highest BCUT2D eigenvalue weighted by atomic mass is 16.1. The molecular formula is C4H10O2. The zero-order valence-corrected chi connectivity index (χ0v) is 2.77. The second kappa shape index (κ2) is 26.4. The molecule has 0 aromatic heterocycles. The number of hydrogen-bond acceptors (Lipinski definition) is 1. The summed E-state index contributed by atoms with van der Waals surface area (Å²) in [6.45, 7) is 3.11. The second-order valence-electron chi connectivity index (χ2n) is 0.372. The summed E-state index contributed by atoms with van der Waals surface area (Å²) in [6.07, 6.45) is 1.83. The van der Waals surface area contributed by atoms with Gasteiger partial charge in [-0.25, -0.2) is 0 Å². The lowest BCUT2D eigenvalue weighted by Gasteiger charge is -1.37. The van der Waals surface area contributed by atoms with Gasteiger partial charge >= 0.3 is 0 Å². The van der Waals surface area contributed by atoms with Gasteiger partial charge in [-0.1, -0.05) is 14.0 Å². The topological polar surface area (TPSA) is 48.6 Å². The normalized spacial score (nSPS) is 3.33. The molecule has 2 heteroatoms. The van der Waals surface area contributed by atoms with Gasteiger partial charge in [-0.2, -0.15) is 0 Å². The van der Waals surface area contributed by atoms with E-state index in [1.807, 2.05) is 0 Å². The van der Waals surface area contributed by atoms with Crippen LogP contribution in [-0.4, -0.2) is 11.8 Å². The van der Waals surface area contributed by atoms with Gasteiger partial charge in [-0.3, -0.25) is 4.79 Å². The number of rotatable bonds is 1. The summed E-state index contributed by atoms with van der Waals surface area (Å²) in [7, 11) is 0. The van der Waals surface area contributed by atoms with E-state index in [1.165, 1.54) is 6.08 Å². The Morgan fingerprint density at radius 2 is 1.67 bits per heavy atom. The van der Waals surface area contributed by atoms with Gasteiger partial charge in [0.15, 0.2) is 0 Å². The molecule has 0 amide bonds. The van der Waals surface area contributed by atoms with Gasteiger partial charge < -0.3 is 5.48 Å². The standard InChI is InChI=1S/C3H4O.CH4.H2O/c1-2-3-4;;/h2-3H,1H2;1H4;1H2. The molecule has 0 aliphatic carbocycles. The van der Waals surface area contributed by atoms with Crippen molar-refractivity contribution in [2.45, 2.75) is 7.43 Å². The maximum absolute atomic E-state index is 9.06. The van der Waals surface area contributed by atoms with Crippen molar-refractivity contribution in [1.29, 1.82) is 0 Å². The van der Waals surface area contributed by atoms with E-state index >= 15 is 0 Å². The maximum Gasteiger partial charge on any atom is 0.142 e. The number of carbonyl (C=O) groups is 1. The van der Waals surface area contributed by atoms with Crippen LogP contribution in [0.25, 0.3) is 0 Å². The van der Waals surface area contributed by atoms with Crippen LogP contribution in [0.5, 0.6) is 0 Å². The van der Waals surface area contributed by atoms with E-state index in [-0.39, 0.29) is 12.9 Å². The zero-order valence-electron chi connectivity index (χ0n) is 2.77. The van der Waals surface area contributed by atoms with Crippen molar-refractivity contribution in [3.8, 4) is 0 Å². The predicted octanol–water partition coefficient (Wildman–Crippen LogP) is 0.183. The lowest BCUT2D eigenvalue weighted by molar-refractivity contribution is -0.104. The molecule has 0 heterocycles. The highest BCUT2D eigenvalue weighted by molar-refractivity contribution is 5.63. The molecule has 38 valence electrons. The molecule has 0 aliphatic rings. The summed E-state index contributed by atoms with van der Waals surface area (Å²) in [5.41, 5.74) is 0. The average Bonchev–Trinajstić information content (AvgIpc) is 1.37. The number of allylic oxidation sites excluding steroid dienone is 1. The van der Waals surface area contributed by atoms with Gasteiger partial charge in [0.05, 0.1) is 0 Å². The number of carbonyl (C=O) groups excluding carboxylic acids is 1. The monoisotopic (exact) mass is 90.1 g/mol. The lowest BCUT2D eigenvalue weighted by atomic mass is 10.8. The van der Waals surface area contributed by atoms with Crippen molar-refractivity contribution >= 4 is 6.29 Å². The van der Waals surface area contributed by atoms with E-state index in [4.69, 9.17) is 4.79 Å². The first kappa shape index (κ1) is 18.3. The minimum absolute atomic E-state index is 0. The quantitative estimate of drug-likeness (QED) is 0.334. The number of hydrogen-bond donors (Lipinski definition) is 0. The third-order valence-electron chi connectivity index (χ3n) is 0.0962. The van der Waals surface area contributed by atoms with Crippen LogP contribution in [-0.2, 0) is 4.79 Å². The van der Waals surface area contributed by atoms with Crippen LogP contribution in [0.3, 0.4) is 0 Å². The Bertz CT molecular complexity index is 26.5. The van der Waals surface area contributed by atoms with Crippen LogP contribution in [0.4, 0.5) is 0 Å². The Hall–Kier alpha value is -0.630. The van der Waals surface area contributed by atoms with E-state index in [0.717, 1.165) is 0 Å². The minimum Gasteiger partial charge on any atom is -0.412 e. The first-order valence-electron chi connectivity index (χ1n) is 0.977. The van der Waals surface area contributed by atoms with Crippen LogP contribution in [0.15, 0.2) is 12.7 Å². The van der Waals surface area contributed by atoms with Crippen LogP contribution in [0, 0.1) is 0 Å². The predicted molar refractivity (Wildman–Crippen MR) is 26.6 cm³/mol. The fraction of sp³-hybridized carbons (Fsp3) is 0.250. The fourth-order valence-electron chi connectivity index (χ4n) is 0. The Balaban J connectivity index is -0.0000000450. The summed E-state index contributed by atoms with van der Waals surface area (Å²) in [5, 5.41) is 0. The van der Waals surface area contributed by atoms with Crippen molar-refractivity contribution in [3.63, 3.8) is 0 Å². The Morgan fingerprint density at radius 3 is 1.67 bits per heavy atom. The summed E-state index contributed by atoms with van der Waals surface area (Å²) in [5.74, 6) is 0. The summed E-state index contributed by atoms with van der Waals surface area (Å²) < 4.78 is 0. The highest BCUT2D eigenvalue weighted by Crippen LogP contribution is 1.35. The molecule has 0 fully saturated rings. The van der Waals surface area contributed by atoms with Crippen LogP contribution in [0.1, 0.15) is 7.43 Å².